The molecule has 2 fully saturated rings. The Bertz CT molecular complexity index is 736. The molecule has 30 heavy (non-hydrogen) atoms. The SMILES string of the molecule is CCOC(=O)NC1(CN2CCN(C(=O)OCc3ccccc3)CC2=O)CCNCC1. The summed E-state index contributed by atoms with van der Waals surface area (Å²) in [5, 5.41) is 6.25. The molecule has 2 aliphatic rings. The number of hydrogen-bond acceptors (Lipinski definition) is 6. The first-order chi connectivity index (χ1) is 14.5. The zero-order chi connectivity index (χ0) is 21.4. The first kappa shape index (κ1) is 21.9. The molecule has 164 valence electrons. The highest BCUT2D eigenvalue weighted by Gasteiger charge is 2.39. The molecule has 0 radical (unpaired) electrons. The summed E-state index contributed by atoms with van der Waals surface area (Å²) >= 11 is 0. The van der Waals surface area contributed by atoms with Gasteiger partial charge in [-0.2, -0.15) is 0 Å². The number of benzene rings is 1. The van der Waals surface area contributed by atoms with Gasteiger partial charge in [-0.3, -0.25) is 9.69 Å². The van der Waals surface area contributed by atoms with Gasteiger partial charge in [0.15, 0.2) is 0 Å². The monoisotopic (exact) mass is 418 g/mol. The summed E-state index contributed by atoms with van der Waals surface area (Å²) in [5.41, 5.74) is 0.372. The fourth-order valence-corrected chi connectivity index (χ4v) is 3.82. The number of ether oxygens (including phenoxy) is 2. The highest BCUT2D eigenvalue weighted by atomic mass is 16.6. The standard InChI is InChI=1S/C21H30N4O5/c1-2-29-19(27)23-21(8-10-22-11-9-21)16-25-13-12-24(14-18(25)26)20(28)30-15-17-6-4-3-5-7-17/h3-7,22H,2,8-16H2,1H3,(H,23,27). The minimum Gasteiger partial charge on any atom is -0.450 e. The quantitative estimate of drug-likeness (QED) is 0.723. The van der Waals surface area contributed by atoms with E-state index in [1.807, 2.05) is 30.3 Å². The van der Waals surface area contributed by atoms with Crippen LogP contribution in [0.4, 0.5) is 9.59 Å². The third-order valence-electron chi connectivity index (χ3n) is 5.48. The van der Waals surface area contributed by atoms with Crippen LogP contribution in [0.3, 0.4) is 0 Å². The van der Waals surface area contributed by atoms with Crippen molar-refractivity contribution in [3.8, 4) is 0 Å². The molecule has 2 aliphatic heterocycles. The molecular weight excluding hydrogens is 388 g/mol. The highest BCUT2D eigenvalue weighted by Crippen LogP contribution is 2.22. The highest BCUT2D eigenvalue weighted by molar-refractivity contribution is 5.83. The van der Waals surface area contributed by atoms with E-state index in [0.717, 1.165) is 18.7 Å². The van der Waals surface area contributed by atoms with Crippen molar-refractivity contribution < 1.29 is 23.9 Å². The molecule has 9 heteroatoms. The van der Waals surface area contributed by atoms with Crippen molar-refractivity contribution in [3.63, 3.8) is 0 Å². The fourth-order valence-electron chi connectivity index (χ4n) is 3.82. The molecule has 0 aliphatic carbocycles. The lowest BCUT2D eigenvalue weighted by Crippen LogP contribution is -2.63. The molecule has 2 heterocycles. The van der Waals surface area contributed by atoms with Crippen molar-refractivity contribution in [2.45, 2.75) is 31.9 Å². The third-order valence-corrected chi connectivity index (χ3v) is 5.48. The average molecular weight is 418 g/mol. The number of amides is 3. The number of carbonyl (C=O) groups excluding carboxylic acids is 3. The fraction of sp³-hybridized carbons (Fsp3) is 0.571. The van der Waals surface area contributed by atoms with Crippen LogP contribution in [-0.2, 0) is 20.9 Å². The van der Waals surface area contributed by atoms with E-state index in [9.17, 15) is 14.4 Å². The average Bonchev–Trinajstić information content (AvgIpc) is 2.75. The van der Waals surface area contributed by atoms with Gasteiger partial charge in [0.1, 0.15) is 13.2 Å². The van der Waals surface area contributed by atoms with Crippen molar-refractivity contribution in [2.24, 2.45) is 0 Å². The molecule has 2 N–H and O–H groups in total. The van der Waals surface area contributed by atoms with Crippen LogP contribution < -0.4 is 10.6 Å². The van der Waals surface area contributed by atoms with Crippen molar-refractivity contribution >= 4 is 18.1 Å². The molecule has 1 aromatic carbocycles. The summed E-state index contributed by atoms with van der Waals surface area (Å²) in [7, 11) is 0. The zero-order valence-electron chi connectivity index (χ0n) is 17.4. The molecule has 0 unspecified atom stereocenters. The number of piperidine rings is 1. The van der Waals surface area contributed by atoms with Gasteiger partial charge in [0.25, 0.3) is 0 Å². The molecule has 9 nitrogen and oxygen atoms in total. The van der Waals surface area contributed by atoms with E-state index in [2.05, 4.69) is 10.6 Å². The maximum absolute atomic E-state index is 12.7. The normalized spacial score (nSPS) is 18.6. The van der Waals surface area contributed by atoms with Gasteiger partial charge in [-0.1, -0.05) is 30.3 Å². The van der Waals surface area contributed by atoms with E-state index in [-0.39, 0.29) is 19.1 Å². The van der Waals surface area contributed by atoms with Gasteiger partial charge in [-0.15, -0.1) is 0 Å². The Kier molecular flexibility index (Phi) is 7.51. The lowest BCUT2D eigenvalue weighted by Gasteiger charge is -2.43. The van der Waals surface area contributed by atoms with Gasteiger partial charge in [-0.05, 0) is 38.4 Å². The number of rotatable bonds is 6. The van der Waals surface area contributed by atoms with Crippen LogP contribution in [0.25, 0.3) is 0 Å². The van der Waals surface area contributed by atoms with Gasteiger partial charge in [-0.25, -0.2) is 9.59 Å². The second-order valence-electron chi connectivity index (χ2n) is 7.65. The van der Waals surface area contributed by atoms with E-state index in [4.69, 9.17) is 9.47 Å². The van der Waals surface area contributed by atoms with Crippen molar-refractivity contribution in [2.75, 3.05) is 45.9 Å². The summed E-state index contributed by atoms with van der Waals surface area (Å²) in [4.78, 5) is 40.3. The van der Waals surface area contributed by atoms with Gasteiger partial charge in [0.05, 0.1) is 12.1 Å². The van der Waals surface area contributed by atoms with E-state index in [1.54, 1.807) is 11.8 Å². The van der Waals surface area contributed by atoms with Crippen LogP contribution in [0.2, 0.25) is 0 Å². The number of piperazine rings is 1. The number of hydrogen-bond donors (Lipinski definition) is 2. The molecule has 0 spiro atoms. The number of nitrogens with zero attached hydrogens (tertiary/aromatic N) is 2. The Hall–Kier alpha value is -2.81. The first-order valence-corrected chi connectivity index (χ1v) is 10.4. The van der Waals surface area contributed by atoms with Crippen LogP contribution in [-0.4, -0.2) is 79.3 Å². The number of alkyl carbamates (subject to hydrolysis) is 1. The molecular formula is C21H30N4O5. The molecule has 0 bridgehead atoms. The van der Waals surface area contributed by atoms with Crippen LogP contribution in [0.5, 0.6) is 0 Å². The summed E-state index contributed by atoms with van der Waals surface area (Å²) in [5.74, 6) is -0.151. The summed E-state index contributed by atoms with van der Waals surface area (Å²) < 4.78 is 10.4. The summed E-state index contributed by atoms with van der Waals surface area (Å²) in [6, 6.07) is 9.42. The van der Waals surface area contributed by atoms with Gasteiger partial charge < -0.3 is 25.0 Å². The molecule has 3 amide bonds. The van der Waals surface area contributed by atoms with Gasteiger partial charge >= 0.3 is 12.2 Å². The van der Waals surface area contributed by atoms with E-state index in [1.165, 1.54) is 4.90 Å². The second-order valence-corrected chi connectivity index (χ2v) is 7.65. The van der Waals surface area contributed by atoms with Crippen LogP contribution in [0.1, 0.15) is 25.3 Å². The smallest absolute Gasteiger partial charge is 0.410 e. The predicted octanol–water partition coefficient (Wildman–Crippen LogP) is 1.34. The Morgan fingerprint density at radius 3 is 2.53 bits per heavy atom. The first-order valence-electron chi connectivity index (χ1n) is 10.4. The van der Waals surface area contributed by atoms with Gasteiger partial charge in [0.2, 0.25) is 5.91 Å². The summed E-state index contributed by atoms with van der Waals surface area (Å²) in [6.45, 7) is 4.91. The Morgan fingerprint density at radius 2 is 1.87 bits per heavy atom. The zero-order valence-corrected chi connectivity index (χ0v) is 17.4. The Morgan fingerprint density at radius 1 is 1.13 bits per heavy atom. The summed E-state index contributed by atoms with van der Waals surface area (Å²) in [6.07, 6.45) is 0.458. The van der Waals surface area contributed by atoms with Gasteiger partial charge in [0, 0.05) is 19.6 Å². The molecule has 1 aromatic rings. The van der Waals surface area contributed by atoms with Crippen molar-refractivity contribution in [3.05, 3.63) is 35.9 Å². The topological polar surface area (TPSA) is 100 Å². The lowest BCUT2D eigenvalue weighted by atomic mass is 9.87. The minimum absolute atomic E-state index is 0.0264. The maximum Gasteiger partial charge on any atom is 0.410 e. The second kappa shape index (κ2) is 10.3. The number of carbonyl (C=O) groups is 3. The van der Waals surface area contributed by atoms with Crippen molar-refractivity contribution in [1.29, 1.82) is 0 Å². The third kappa shape index (κ3) is 5.85. The largest absolute Gasteiger partial charge is 0.450 e. The van der Waals surface area contributed by atoms with E-state index >= 15 is 0 Å². The molecule has 0 saturated carbocycles. The van der Waals surface area contributed by atoms with Crippen LogP contribution >= 0.6 is 0 Å². The Balaban J connectivity index is 1.53. The number of nitrogens with one attached hydrogen (secondary N) is 2. The minimum atomic E-state index is -0.525. The van der Waals surface area contributed by atoms with Crippen LogP contribution in [0.15, 0.2) is 30.3 Å². The predicted molar refractivity (Wildman–Crippen MR) is 110 cm³/mol. The van der Waals surface area contributed by atoms with Crippen LogP contribution in [0, 0.1) is 0 Å². The molecule has 0 atom stereocenters. The van der Waals surface area contributed by atoms with E-state index in [0.29, 0.717) is 39.1 Å². The Labute approximate surface area is 176 Å². The molecule has 0 aromatic heterocycles. The lowest BCUT2D eigenvalue weighted by molar-refractivity contribution is -0.136. The molecule has 2 saturated heterocycles. The van der Waals surface area contributed by atoms with E-state index < -0.39 is 17.7 Å². The van der Waals surface area contributed by atoms with Crippen molar-refractivity contribution in [1.82, 2.24) is 20.4 Å². The maximum atomic E-state index is 12.7. The molecule has 3 rings (SSSR count).